The highest BCUT2D eigenvalue weighted by Crippen LogP contribution is 2.41. The number of methoxy groups -OCH3 is 1. The van der Waals surface area contributed by atoms with Crippen LogP contribution < -0.4 is 15.0 Å². The van der Waals surface area contributed by atoms with E-state index in [1.54, 1.807) is 0 Å². The molecule has 2 aromatic rings. The van der Waals surface area contributed by atoms with Crippen molar-refractivity contribution in [1.29, 1.82) is 0 Å². The van der Waals surface area contributed by atoms with Crippen LogP contribution in [-0.4, -0.2) is 38.3 Å². The molecule has 0 radical (unpaired) electrons. The summed E-state index contributed by atoms with van der Waals surface area (Å²) in [7, 11) is 1.44. The van der Waals surface area contributed by atoms with Crippen molar-refractivity contribution in [3.8, 4) is 16.9 Å². The molecule has 0 aliphatic carbocycles. The zero-order valence-electron chi connectivity index (χ0n) is 15.4. The number of nitrogens with zero attached hydrogens (tertiary/aromatic N) is 1. The second kappa shape index (κ2) is 6.24. The van der Waals surface area contributed by atoms with Crippen molar-refractivity contribution in [2.24, 2.45) is 5.92 Å². The van der Waals surface area contributed by atoms with Crippen molar-refractivity contribution in [3.05, 3.63) is 42.5 Å². The second-order valence-corrected chi connectivity index (χ2v) is 7.57. The number of rotatable bonds is 3. The van der Waals surface area contributed by atoms with E-state index in [1.165, 1.54) is 7.11 Å². The molecule has 26 heavy (non-hydrogen) atoms. The van der Waals surface area contributed by atoms with Crippen molar-refractivity contribution >= 4 is 17.3 Å². The third kappa shape index (κ3) is 2.98. The van der Waals surface area contributed by atoms with Crippen LogP contribution in [0.4, 0.5) is 11.4 Å². The molecule has 2 aromatic carbocycles. The summed E-state index contributed by atoms with van der Waals surface area (Å²) in [4.78, 5) is 13.8. The van der Waals surface area contributed by atoms with Crippen molar-refractivity contribution in [2.45, 2.75) is 19.4 Å². The summed E-state index contributed by atoms with van der Waals surface area (Å²) in [6, 6.07) is 14.6. The number of benzene rings is 2. The average molecular weight is 352 g/mol. The summed E-state index contributed by atoms with van der Waals surface area (Å²) in [6.45, 7) is 6.34. The Labute approximate surface area is 153 Å². The Hall–Kier alpha value is -2.69. The SMILES string of the molecule is COC(=O)C1CN(c2cccc(-c3cccc4c3NCC(C)(C)O4)c2)C1. The fraction of sp³-hybridized carbons (Fsp3) is 0.381. The first-order valence-corrected chi connectivity index (χ1v) is 8.96. The lowest BCUT2D eigenvalue weighted by Crippen LogP contribution is -2.50. The minimum atomic E-state index is -0.214. The lowest BCUT2D eigenvalue weighted by molar-refractivity contribution is -0.146. The Morgan fingerprint density at radius 3 is 2.77 bits per heavy atom. The molecule has 0 amide bonds. The lowest BCUT2D eigenvalue weighted by Gasteiger charge is -2.39. The summed E-state index contributed by atoms with van der Waals surface area (Å²) in [5.74, 6) is 0.739. The molecule has 136 valence electrons. The van der Waals surface area contributed by atoms with Crippen LogP contribution in [0.5, 0.6) is 5.75 Å². The van der Waals surface area contributed by atoms with Gasteiger partial charge in [-0.1, -0.05) is 24.3 Å². The molecule has 0 spiro atoms. The first-order valence-electron chi connectivity index (χ1n) is 8.96. The topological polar surface area (TPSA) is 50.8 Å². The number of para-hydroxylation sites is 1. The maximum Gasteiger partial charge on any atom is 0.312 e. The number of carbonyl (C=O) groups is 1. The van der Waals surface area contributed by atoms with Gasteiger partial charge in [0, 0.05) is 24.3 Å². The third-order valence-electron chi connectivity index (χ3n) is 5.04. The first-order chi connectivity index (χ1) is 12.5. The van der Waals surface area contributed by atoms with Crippen LogP contribution in [0.1, 0.15) is 13.8 Å². The molecule has 0 unspecified atom stereocenters. The lowest BCUT2D eigenvalue weighted by atomic mass is 9.96. The van der Waals surface area contributed by atoms with E-state index in [2.05, 4.69) is 54.4 Å². The molecule has 0 atom stereocenters. The quantitative estimate of drug-likeness (QED) is 0.856. The summed E-state index contributed by atoms with van der Waals surface area (Å²) in [6.07, 6.45) is 0. The van der Waals surface area contributed by atoms with Crippen LogP contribution in [0.15, 0.2) is 42.5 Å². The Morgan fingerprint density at radius 1 is 1.23 bits per heavy atom. The largest absolute Gasteiger partial charge is 0.484 e. The molecule has 0 saturated carbocycles. The van der Waals surface area contributed by atoms with Gasteiger partial charge in [-0.2, -0.15) is 0 Å². The summed E-state index contributed by atoms with van der Waals surface area (Å²) in [5, 5.41) is 3.53. The molecule has 2 aliphatic rings. The molecule has 1 saturated heterocycles. The minimum Gasteiger partial charge on any atom is -0.484 e. The number of esters is 1. The van der Waals surface area contributed by atoms with Gasteiger partial charge in [-0.3, -0.25) is 4.79 Å². The van der Waals surface area contributed by atoms with Crippen molar-refractivity contribution < 1.29 is 14.3 Å². The number of nitrogens with one attached hydrogen (secondary N) is 1. The van der Waals surface area contributed by atoms with Crippen molar-refractivity contribution in [2.75, 3.05) is 37.0 Å². The van der Waals surface area contributed by atoms with E-state index in [0.717, 1.165) is 34.8 Å². The Balaban J connectivity index is 1.60. The van der Waals surface area contributed by atoms with E-state index in [1.807, 2.05) is 12.1 Å². The van der Waals surface area contributed by atoms with E-state index in [-0.39, 0.29) is 17.5 Å². The fourth-order valence-electron chi connectivity index (χ4n) is 3.55. The monoisotopic (exact) mass is 352 g/mol. The number of hydrogen-bond acceptors (Lipinski definition) is 5. The number of hydrogen-bond donors (Lipinski definition) is 1. The molecular formula is C21H24N2O3. The molecule has 2 aliphatic heterocycles. The van der Waals surface area contributed by atoms with Gasteiger partial charge in [0.15, 0.2) is 0 Å². The minimum absolute atomic E-state index is 0.0227. The van der Waals surface area contributed by atoms with Crippen LogP contribution >= 0.6 is 0 Å². The average Bonchev–Trinajstić information content (AvgIpc) is 2.59. The number of ether oxygens (including phenoxy) is 2. The molecule has 0 bridgehead atoms. The molecule has 5 heteroatoms. The van der Waals surface area contributed by atoms with Gasteiger partial charge in [-0.15, -0.1) is 0 Å². The molecule has 1 N–H and O–H groups in total. The molecule has 1 fully saturated rings. The van der Waals surface area contributed by atoms with Crippen LogP contribution in [0.3, 0.4) is 0 Å². The van der Waals surface area contributed by atoms with Gasteiger partial charge in [0.2, 0.25) is 0 Å². The van der Waals surface area contributed by atoms with Crippen LogP contribution in [-0.2, 0) is 9.53 Å². The highest BCUT2D eigenvalue weighted by molar-refractivity contribution is 5.85. The number of fused-ring (bicyclic) bond motifs is 1. The van der Waals surface area contributed by atoms with Gasteiger partial charge >= 0.3 is 5.97 Å². The maximum atomic E-state index is 11.6. The van der Waals surface area contributed by atoms with Crippen molar-refractivity contribution in [3.63, 3.8) is 0 Å². The summed E-state index contributed by atoms with van der Waals surface area (Å²) >= 11 is 0. The number of anilines is 2. The van der Waals surface area contributed by atoms with Gasteiger partial charge in [0.25, 0.3) is 0 Å². The second-order valence-electron chi connectivity index (χ2n) is 7.57. The van der Waals surface area contributed by atoms with Gasteiger partial charge in [0.1, 0.15) is 11.4 Å². The van der Waals surface area contributed by atoms with Gasteiger partial charge in [0.05, 0.1) is 25.3 Å². The van der Waals surface area contributed by atoms with E-state index >= 15 is 0 Å². The Morgan fingerprint density at radius 2 is 2.00 bits per heavy atom. The Bertz CT molecular complexity index is 841. The molecular weight excluding hydrogens is 328 g/mol. The smallest absolute Gasteiger partial charge is 0.312 e. The molecule has 5 nitrogen and oxygen atoms in total. The summed E-state index contributed by atoms with van der Waals surface area (Å²) < 4.78 is 10.9. The van der Waals surface area contributed by atoms with Gasteiger partial charge in [-0.05, 0) is 37.6 Å². The van der Waals surface area contributed by atoms with Crippen LogP contribution in [0.25, 0.3) is 11.1 Å². The van der Waals surface area contributed by atoms with Gasteiger partial charge < -0.3 is 19.7 Å². The number of carbonyl (C=O) groups excluding carboxylic acids is 1. The maximum absolute atomic E-state index is 11.6. The Kier molecular flexibility index (Phi) is 4.02. The van der Waals surface area contributed by atoms with Crippen LogP contribution in [0.2, 0.25) is 0 Å². The van der Waals surface area contributed by atoms with Gasteiger partial charge in [-0.25, -0.2) is 0 Å². The summed E-state index contributed by atoms with van der Waals surface area (Å²) in [5.41, 5.74) is 4.22. The standard InChI is InChI=1S/C21H24N2O3/c1-21(2)13-22-19-17(8-5-9-18(19)26-21)14-6-4-7-16(10-14)23-11-15(12-23)20(24)25-3/h4-10,15,22H,11-13H2,1-3H3. The highest BCUT2D eigenvalue weighted by Gasteiger charge is 2.34. The van der Waals surface area contributed by atoms with E-state index in [4.69, 9.17) is 9.47 Å². The third-order valence-corrected chi connectivity index (χ3v) is 5.04. The predicted molar refractivity (Wildman–Crippen MR) is 103 cm³/mol. The fourth-order valence-corrected chi connectivity index (χ4v) is 3.55. The highest BCUT2D eigenvalue weighted by atomic mass is 16.5. The molecule has 0 aromatic heterocycles. The first kappa shape index (κ1) is 16.8. The van der Waals surface area contributed by atoms with Crippen molar-refractivity contribution in [1.82, 2.24) is 0 Å². The van der Waals surface area contributed by atoms with E-state index in [0.29, 0.717) is 13.1 Å². The molecule has 4 rings (SSSR count). The molecule has 2 heterocycles. The van der Waals surface area contributed by atoms with E-state index in [9.17, 15) is 4.79 Å². The van der Waals surface area contributed by atoms with Crippen LogP contribution in [0, 0.1) is 5.92 Å². The normalized spacial score (nSPS) is 18.2. The zero-order chi connectivity index (χ0) is 18.3. The van der Waals surface area contributed by atoms with E-state index < -0.39 is 0 Å². The zero-order valence-corrected chi connectivity index (χ0v) is 15.4. The predicted octanol–water partition coefficient (Wildman–Crippen LogP) is 3.55.